The molecule has 0 aromatic heterocycles. The molecule has 0 heterocycles. The highest BCUT2D eigenvalue weighted by atomic mass is 16.5. The Morgan fingerprint density at radius 3 is 2.15 bits per heavy atom. The van der Waals surface area contributed by atoms with Gasteiger partial charge in [0.05, 0.1) is 19.2 Å². The number of esters is 1. The predicted molar refractivity (Wildman–Crippen MR) is 103 cm³/mol. The van der Waals surface area contributed by atoms with E-state index in [4.69, 9.17) is 10.5 Å². The molecule has 0 spiro atoms. The van der Waals surface area contributed by atoms with Crippen LogP contribution in [0.1, 0.15) is 62.4 Å². The monoisotopic (exact) mass is 360 g/mol. The number of ether oxygens (including phenoxy) is 1. The van der Waals surface area contributed by atoms with Gasteiger partial charge in [-0.3, -0.25) is 4.79 Å². The third-order valence-electron chi connectivity index (χ3n) is 5.59. The molecule has 0 bridgehead atoms. The number of nitrogens with zero attached hydrogens (tertiary/aromatic N) is 1. The number of nitrogens with two attached hydrogens (primary N) is 1. The summed E-state index contributed by atoms with van der Waals surface area (Å²) in [4.78, 5) is 25.9. The normalized spacial score (nSPS) is 20.5. The van der Waals surface area contributed by atoms with E-state index in [-0.39, 0.29) is 24.5 Å². The average Bonchev–Trinajstić information content (AvgIpc) is 2.64. The Balaban J connectivity index is 2.07. The minimum atomic E-state index is -0.355. The largest absolute Gasteiger partial charge is 0.465 e. The van der Waals surface area contributed by atoms with Crippen LogP contribution in [0.2, 0.25) is 0 Å². The zero-order chi connectivity index (χ0) is 19.3. The van der Waals surface area contributed by atoms with Crippen molar-refractivity contribution in [3.05, 3.63) is 35.4 Å². The predicted octanol–water partition coefficient (Wildman–Crippen LogP) is 3.37. The van der Waals surface area contributed by atoms with Gasteiger partial charge < -0.3 is 15.4 Å². The highest BCUT2D eigenvalue weighted by Crippen LogP contribution is 2.39. The first kappa shape index (κ1) is 20.4. The fourth-order valence-corrected chi connectivity index (χ4v) is 3.85. The van der Waals surface area contributed by atoms with Crippen molar-refractivity contribution in [3.8, 4) is 0 Å². The molecular weight excluding hydrogens is 328 g/mol. The average molecular weight is 360 g/mol. The van der Waals surface area contributed by atoms with E-state index in [0.29, 0.717) is 23.4 Å². The van der Waals surface area contributed by atoms with Crippen molar-refractivity contribution in [2.75, 3.05) is 13.7 Å². The van der Waals surface area contributed by atoms with Gasteiger partial charge in [0.15, 0.2) is 0 Å². The number of carbonyl (C=O) groups excluding carboxylic acids is 2. The highest BCUT2D eigenvalue weighted by molar-refractivity contribution is 5.89. The van der Waals surface area contributed by atoms with Gasteiger partial charge in [-0.1, -0.05) is 32.9 Å². The topological polar surface area (TPSA) is 72.6 Å². The zero-order valence-corrected chi connectivity index (χ0v) is 16.5. The van der Waals surface area contributed by atoms with Crippen LogP contribution >= 0.6 is 0 Å². The fourth-order valence-electron chi connectivity index (χ4n) is 3.85. The van der Waals surface area contributed by atoms with Crippen molar-refractivity contribution in [1.82, 2.24) is 4.90 Å². The smallest absolute Gasteiger partial charge is 0.337 e. The maximum Gasteiger partial charge on any atom is 0.337 e. The quantitative estimate of drug-likeness (QED) is 0.817. The van der Waals surface area contributed by atoms with Crippen LogP contribution in [-0.2, 0) is 16.1 Å². The summed E-state index contributed by atoms with van der Waals surface area (Å²) in [5.74, 6) is 0.334. The number of carbonyl (C=O) groups is 2. The lowest BCUT2D eigenvalue weighted by Gasteiger charge is -2.41. The zero-order valence-electron chi connectivity index (χ0n) is 16.5. The molecule has 2 rings (SSSR count). The van der Waals surface area contributed by atoms with Crippen LogP contribution in [0.25, 0.3) is 0 Å². The first-order chi connectivity index (χ1) is 12.3. The van der Waals surface area contributed by atoms with Gasteiger partial charge in [0.1, 0.15) is 0 Å². The fraction of sp³-hybridized carbons (Fsp3) is 0.619. The standard InChI is InChI=1S/C21H32N2O3/c1-21(2,3)17-9-11-18(12-10-17)23(19(24)13-22)14-15-5-7-16(8-6-15)20(25)26-4/h5-8,17-18H,9-14,22H2,1-4H3. The van der Waals surface area contributed by atoms with Gasteiger partial charge in [-0.25, -0.2) is 4.79 Å². The summed E-state index contributed by atoms with van der Waals surface area (Å²) in [6.45, 7) is 7.44. The summed E-state index contributed by atoms with van der Waals surface area (Å²) in [7, 11) is 1.37. The number of benzene rings is 1. The molecule has 1 aromatic carbocycles. The highest BCUT2D eigenvalue weighted by Gasteiger charge is 2.33. The first-order valence-electron chi connectivity index (χ1n) is 9.43. The minimum Gasteiger partial charge on any atom is -0.465 e. The van der Waals surface area contributed by atoms with E-state index in [1.807, 2.05) is 17.0 Å². The molecule has 5 nitrogen and oxygen atoms in total. The molecule has 1 aliphatic carbocycles. The number of rotatable bonds is 5. The van der Waals surface area contributed by atoms with Crippen molar-refractivity contribution < 1.29 is 14.3 Å². The number of hydrogen-bond donors (Lipinski definition) is 1. The van der Waals surface area contributed by atoms with Crippen LogP contribution in [0, 0.1) is 11.3 Å². The van der Waals surface area contributed by atoms with Crippen LogP contribution in [0.5, 0.6) is 0 Å². The molecule has 26 heavy (non-hydrogen) atoms. The number of methoxy groups -OCH3 is 1. The Labute approximate surface area is 156 Å². The van der Waals surface area contributed by atoms with Crippen molar-refractivity contribution in [1.29, 1.82) is 0 Å². The summed E-state index contributed by atoms with van der Waals surface area (Å²) in [6, 6.07) is 7.48. The van der Waals surface area contributed by atoms with E-state index in [2.05, 4.69) is 20.8 Å². The van der Waals surface area contributed by atoms with Gasteiger partial charge >= 0.3 is 5.97 Å². The molecule has 1 aliphatic rings. The molecule has 0 aliphatic heterocycles. The van der Waals surface area contributed by atoms with Gasteiger partial charge in [0.2, 0.25) is 5.91 Å². The summed E-state index contributed by atoms with van der Waals surface area (Å²) < 4.78 is 4.73. The minimum absolute atomic E-state index is 0.0127. The van der Waals surface area contributed by atoms with Gasteiger partial charge in [-0.05, 0) is 54.7 Å². The van der Waals surface area contributed by atoms with Crippen LogP contribution in [-0.4, -0.2) is 36.5 Å². The molecule has 0 saturated heterocycles. The van der Waals surface area contributed by atoms with Crippen molar-refractivity contribution in [2.24, 2.45) is 17.1 Å². The number of amides is 1. The molecule has 0 radical (unpaired) electrons. The maximum absolute atomic E-state index is 12.4. The van der Waals surface area contributed by atoms with E-state index in [0.717, 1.165) is 31.2 Å². The van der Waals surface area contributed by atoms with Crippen molar-refractivity contribution in [3.63, 3.8) is 0 Å². The third kappa shape index (κ3) is 5.07. The molecule has 5 heteroatoms. The Morgan fingerprint density at radius 2 is 1.69 bits per heavy atom. The summed E-state index contributed by atoms with van der Waals surface area (Å²) in [5, 5.41) is 0. The maximum atomic E-state index is 12.4. The summed E-state index contributed by atoms with van der Waals surface area (Å²) in [5.41, 5.74) is 7.49. The SMILES string of the molecule is COC(=O)c1ccc(CN(C(=O)CN)C2CCC(C(C)(C)C)CC2)cc1. The molecule has 0 atom stereocenters. The van der Waals surface area contributed by atoms with Crippen LogP contribution in [0.3, 0.4) is 0 Å². The molecule has 144 valence electrons. The molecule has 0 unspecified atom stereocenters. The Bertz CT molecular complexity index is 611. The molecule has 1 amide bonds. The Morgan fingerprint density at radius 1 is 1.12 bits per heavy atom. The lowest BCUT2D eigenvalue weighted by molar-refractivity contribution is -0.133. The van der Waals surface area contributed by atoms with Gasteiger partial charge in [-0.2, -0.15) is 0 Å². The van der Waals surface area contributed by atoms with Crippen LogP contribution in [0.4, 0.5) is 0 Å². The van der Waals surface area contributed by atoms with E-state index in [1.165, 1.54) is 7.11 Å². The van der Waals surface area contributed by atoms with E-state index in [1.54, 1.807) is 12.1 Å². The van der Waals surface area contributed by atoms with E-state index in [9.17, 15) is 9.59 Å². The summed E-state index contributed by atoms with van der Waals surface area (Å²) >= 11 is 0. The lowest BCUT2D eigenvalue weighted by atomic mass is 9.71. The molecule has 1 aromatic rings. The van der Waals surface area contributed by atoms with E-state index >= 15 is 0 Å². The molecular formula is C21H32N2O3. The van der Waals surface area contributed by atoms with Gasteiger partial charge in [0.25, 0.3) is 0 Å². The summed E-state index contributed by atoms with van der Waals surface area (Å²) in [6.07, 6.45) is 4.33. The second-order valence-corrected chi connectivity index (χ2v) is 8.29. The van der Waals surface area contributed by atoms with Crippen LogP contribution in [0.15, 0.2) is 24.3 Å². The number of hydrogen-bond acceptors (Lipinski definition) is 4. The van der Waals surface area contributed by atoms with Crippen molar-refractivity contribution in [2.45, 2.75) is 59.0 Å². The van der Waals surface area contributed by atoms with Gasteiger partial charge in [-0.15, -0.1) is 0 Å². The van der Waals surface area contributed by atoms with Gasteiger partial charge in [0, 0.05) is 12.6 Å². The second kappa shape index (κ2) is 8.67. The molecule has 1 fully saturated rings. The van der Waals surface area contributed by atoms with Crippen molar-refractivity contribution >= 4 is 11.9 Å². The third-order valence-corrected chi connectivity index (χ3v) is 5.59. The lowest BCUT2D eigenvalue weighted by Crippen LogP contribution is -2.45. The van der Waals surface area contributed by atoms with Crippen LogP contribution < -0.4 is 5.73 Å². The Kier molecular flexibility index (Phi) is 6.81. The molecule has 2 N–H and O–H groups in total. The first-order valence-corrected chi connectivity index (χ1v) is 9.43. The second-order valence-electron chi connectivity index (χ2n) is 8.29. The Hall–Kier alpha value is -1.88. The van der Waals surface area contributed by atoms with E-state index < -0.39 is 0 Å². The molecule has 1 saturated carbocycles.